The number of hydrogen-bond acceptors (Lipinski definition) is 2. The molecule has 0 saturated carbocycles. The lowest BCUT2D eigenvalue weighted by Gasteiger charge is -2.50. The largest absolute Gasteiger partial charge is 0.316 e. The van der Waals surface area contributed by atoms with Gasteiger partial charge in [0.2, 0.25) is 0 Å². The average molecular weight is 248 g/mol. The molecule has 3 heteroatoms. The highest BCUT2D eigenvalue weighted by Gasteiger charge is 2.48. The molecule has 2 aliphatic heterocycles. The number of likely N-dealkylation sites (tertiary alicyclic amines) is 1. The van der Waals surface area contributed by atoms with Crippen LogP contribution in [0.4, 0.5) is 4.39 Å². The summed E-state index contributed by atoms with van der Waals surface area (Å²) in [5.74, 6) is 0.266. The van der Waals surface area contributed by atoms with Crippen molar-refractivity contribution in [1.29, 1.82) is 0 Å². The van der Waals surface area contributed by atoms with E-state index in [1.807, 2.05) is 6.07 Å². The number of nitrogens with zero attached hydrogens (tertiary/aromatic N) is 1. The monoisotopic (exact) mass is 248 g/mol. The molecule has 2 heterocycles. The van der Waals surface area contributed by atoms with Gasteiger partial charge in [0.1, 0.15) is 5.67 Å². The van der Waals surface area contributed by atoms with E-state index in [9.17, 15) is 4.39 Å². The van der Waals surface area contributed by atoms with Gasteiger partial charge in [-0.1, -0.05) is 30.3 Å². The van der Waals surface area contributed by atoms with Crippen LogP contribution in [0.15, 0.2) is 30.3 Å². The molecule has 2 fully saturated rings. The minimum atomic E-state index is -0.988. The molecule has 0 aromatic heterocycles. The molecule has 2 saturated heterocycles. The third kappa shape index (κ3) is 2.17. The van der Waals surface area contributed by atoms with Crippen LogP contribution in [0.2, 0.25) is 0 Å². The lowest BCUT2D eigenvalue weighted by molar-refractivity contribution is -0.0637. The Labute approximate surface area is 108 Å². The highest BCUT2D eigenvalue weighted by molar-refractivity contribution is 5.15. The SMILES string of the molecule is CC1(F)C2CNCC1CN(Cc1ccccc1)C2. The van der Waals surface area contributed by atoms with Gasteiger partial charge in [-0.25, -0.2) is 4.39 Å². The van der Waals surface area contributed by atoms with Gasteiger partial charge in [0.15, 0.2) is 0 Å². The van der Waals surface area contributed by atoms with Crippen LogP contribution < -0.4 is 5.32 Å². The van der Waals surface area contributed by atoms with Gasteiger partial charge in [0.25, 0.3) is 0 Å². The standard InChI is InChI=1S/C15H21FN2/c1-15(16)13-7-17-8-14(15)11-18(10-13)9-12-5-3-2-4-6-12/h2-6,13-14,17H,7-11H2,1H3. The van der Waals surface area contributed by atoms with Gasteiger partial charge >= 0.3 is 0 Å². The summed E-state index contributed by atoms with van der Waals surface area (Å²) in [4.78, 5) is 2.41. The first kappa shape index (κ1) is 12.1. The summed E-state index contributed by atoms with van der Waals surface area (Å²) in [7, 11) is 0. The predicted molar refractivity (Wildman–Crippen MR) is 71.1 cm³/mol. The summed E-state index contributed by atoms with van der Waals surface area (Å²) in [5.41, 5.74) is 0.337. The Hall–Kier alpha value is -0.930. The average Bonchev–Trinajstić information content (AvgIpc) is 2.31. The fourth-order valence-corrected chi connectivity index (χ4v) is 3.32. The molecular weight excluding hydrogens is 227 g/mol. The quantitative estimate of drug-likeness (QED) is 0.862. The van der Waals surface area contributed by atoms with Gasteiger partial charge in [0, 0.05) is 44.6 Å². The van der Waals surface area contributed by atoms with Crippen LogP contribution in [-0.4, -0.2) is 36.7 Å². The van der Waals surface area contributed by atoms with E-state index in [0.29, 0.717) is 0 Å². The summed E-state index contributed by atoms with van der Waals surface area (Å²) >= 11 is 0. The van der Waals surface area contributed by atoms with E-state index < -0.39 is 5.67 Å². The second-order valence-corrected chi connectivity index (χ2v) is 5.88. The van der Waals surface area contributed by atoms with Crippen LogP contribution in [0.3, 0.4) is 0 Å². The second kappa shape index (κ2) is 4.63. The molecule has 0 radical (unpaired) electrons. The molecule has 2 nitrogen and oxygen atoms in total. The van der Waals surface area contributed by atoms with Crippen molar-refractivity contribution in [2.75, 3.05) is 26.2 Å². The summed E-state index contributed by atoms with van der Waals surface area (Å²) in [5, 5.41) is 3.36. The minimum absolute atomic E-state index is 0.133. The third-order valence-corrected chi connectivity index (χ3v) is 4.58. The smallest absolute Gasteiger partial charge is 0.118 e. The predicted octanol–water partition coefficient (Wildman–Crippen LogP) is 2.07. The van der Waals surface area contributed by atoms with E-state index in [-0.39, 0.29) is 11.8 Å². The molecule has 1 aromatic carbocycles. The van der Waals surface area contributed by atoms with Gasteiger partial charge < -0.3 is 5.32 Å². The molecule has 0 aliphatic carbocycles. The van der Waals surface area contributed by atoms with Gasteiger partial charge in [0.05, 0.1) is 0 Å². The van der Waals surface area contributed by atoms with Gasteiger partial charge in [-0.2, -0.15) is 0 Å². The zero-order valence-electron chi connectivity index (χ0n) is 10.9. The second-order valence-electron chi connectivity index (χ2n) is 5.88. The van der Waals surface area contributed by atoms with E-state index in [2.05, 4.69) is 34.5 Å². The molecular formula is C15H21FN2. The number of benzene rings is 1. The molecule has 2 unspecified atom stereocenters. The van der Waals surface area contributed by atoms with Crippen LogP contribution in [0.5, 0.6) is 0 Å². The highest BCUT2D eigenvalue weighted by Crippen LogP contribution is 2.38. The molecule has 1 aromatic rings. The topological polar surface area (TPSA) is 15.3 Å². The van der Waals surface area contributed by atoms with Crippen LogP contribution in [0.25, 0.3) is 0 Å². The van der Waals surface area contributed by atoms with Gasteiger partial charge in [-0.3, -0.25) is 4.90 Å². The van der Waals surface area contributed by atoms with Crippen molar-refractivity contribution in [2.45, 2.75) is 19.1 Å². The van der Waals surface area contributed by atoms with Crippen LogP contribution in [-0.2, 0) is 6.54 Å². The Morgan fingerprint density at radius 3 is 2.44 bits per heavy atom. The molecule has 0 amide bonds. The van der Waals surface area contributed by atoms with E-state index in [1.54, 1.807) is 6.92 Å². The van der Waals surface area contributed by atoms with Crippen molar-refractivity contribution in [1.82, 2.24) is 10.2 Å². The molecule has 1 N–H and O–H groups in total. The van der Waals surface area contributed by atoms with Crippen LogP contribution in [0, 0.1) is 11.8 Å². The molecule has 98 valence electrons. The number of fused-ring (bicyclic) bond motifs is 2. The van der Waals surface area contributed by atoms with Crippen LogP contribution >= 0.6 is 0 Å². The molecule has 2 aliphatic rings. The Morgan fingerprint density at radius 2 is 1.83 bits per heavy atom. The molecule has 2 bridgehead atoms. The van der Waals surface area contributed by atoms with E-state index in [1.165, 1.54) is 5.56 Å². The minimum Gasteiger partial charge on any atom is -0.316 e. The molecule has 18 heavy (non-hydrogen) atoms. The van der Waals surface area contributed by atoms with Gasteiger partial charge in [-0.15, -0.1) is 0 Å². The summed E-state index contributed by atoms with van der Waals surface area (Å²) in [6, 6.07) is 10.5. The van der Waals surface area contributed by atoms with Crippen molar-refractivity contribution >= 4 is 0 Å². The fraction of sp³-hybridized carbons (Fsp3) is 0.600. The summed E-state index contributed by atoms with van der Waals surface area (Å²) < 4.78 is 14.6. The van der Waals surface area contributed by atoms with Crippen LogP contribution in [0.1, 0.15) is 12.5 Å². The Balaban J connectivity index is 1.70. The first-order valence-electron chi connectivity index (χ1n) is 6.82. The van der Waals surface area contributed by atoms with Gasteiger partial charge in [-0.05, 0) is 12.5 Å². The number of hydrogen-bond donors (Lipinski definition) is 1. The number of halogens is 1. The summed E-state index contributed by atoms with van der Waals surface area (Å²) in [6.45, 7) is 6.10. The number of alkyl halides is 1. The molecule has 2 atom stereocenters. The zero-order chi connectivity index (χ0) is 12.6. The maximum Gasteiger partial charge on any atom is 0.118 e. The first-order chi connectivity index (χ1) is 8.66. The summed E-state index contributed by atoms with van der Waals surface area (Å²) in [6.07, 6.45) is 0. The zero-order valence-corrected chi connectivity index (χ0v) is 10.9. The lowest BCUT2D eigenvalue weighted by Crippen LogP contribution is -2.63. The number of nitrogens with one attached hydrogen (secondary N) is 1. The maximum atomic E-state index is 14.6. The lowest BCUT2D eigenvalue weighted by atomic mass is 9.73. The van der Waals surface area contributed by atoms with Crippen molar-refractivity contribution in [2.24, 2.45) is 11.8 Å². The molecule has 3 rings (SSSR count). The van der Waals surface area contributed by atoms with Crippen molar-refractivity contribution in [3.05, 3.63) is 35.9 Å². The third-order valence-electron chi connectivity index (χ3n) is 4.58. The van der Waals surface area contributed by atoms with Crippen molar-refractivity contribution in [3.63, 3.8) is 0 Å². The van der Waals surface area contributed by atoms with Crippen molar-refractivity contribution in [3.8, 4) is 0 Å². The Morgan fingerprint density at radius 1 is 1.22 bits per heavy atom. The normalized spacial score (nSPS) is 36.6. The fourth-order valence-electron chi connectivity index (χ4n) is 3.32. The van der Waals surface area contributed by atoms with Crippen molar-refractivity contribution < 1.29 is 4.39 Å². The van der Waals surface area contributed by atoms with E-state index in [0.717, 1.165) is 32.7 Å². The first-order valence-corrected chi connectivity index (χ1v) is 6.82. The maximum absolute atomic E-state index is 14.6. The number of rotatable bonds is 2. The van der Waals surface area contributed by atoms with E-state index in [4.69, 9.17) is 0 Å². The number of piperidine rings is 2. The van der Waals surface area contributed by atoms with E-state index >= 15 is 0 Å². The molecule has 0 spiro atoms. The highest BCUT2D eigenvalue weighted by atomic mass is 19.1. The Kier molecular flexibility index (Phi) is 3.12. The Bertz CT molecular complexity index is 388.